The van der Waals surface area contributed by atoms with Gasteiger partial charge in [0.05, 0.1) is 35.7 Å². The Bertz CT molecular complexity index is 1510. The van der Waals surface area contributed by atoms with Gasteiger partial charge in [-0.3, -0.25) is 0 Å². The Morgan fingerprint density at radius 3 is 2.47 bits per heavy atom. The highest BCUT2D eigenvalue weighted by Gasteiger charge is 2.16. The second-order valence-electron chi connectivity index (χ2n) is 7.44. The number of methoxy groups -OCH3 is 2. The molecule has 0 atom stereocenters. The average Bonchev–Trinajstić information content (AvgIpc) is 3.51. The molecular formula is C27H20N4O2S. The van der Waals surface area contributed by atoms with Crippen LogP contribution in [0.1, 0.15) is 10.6 Å². The fourth-order valence-electron chi connectivity index (χ4n) is 3.70. The zero-order valence-corrected chi connectivity index (χ0v) is 19.4. The minimum absolute atomic E-state index is 0.482. The molecule has 5 rings (SSSR count). The number of thiazole rings is 1. The smallest absolute Gasteiger partial charge is 0.161 e. The highest BCUT2D eigenvalue weighted by Crippen LogP contribution is 2.35. The molecule has 0 bridgehead atoms. The summed E-state index contributed by atoms with van der Waals surface area (Å²) >= 11 is 1.50. The third-order valence-electron chi connectivity index (χ3n) is 5.36. The van der Waals surface area contributed by atoms with E-state index in [9.17, 15) is 5.26 Å². The summed E-state index contributed by atoms with van der Waals surface area (Å²) in [4.78, 5) is 4.66. The van der Waals surface area contributed by atoms with Crippen LogP contribution in [0.5, 0.6) is 11.5 Å². The van der Waals surface area contributed by atoms with Crippen LogP contribution in [0.15, 0.2) is 79.0 Å². The van der Waals surface area contributed by atoms with E-state index < -0.39 is 0 Å². The Balaban J connectivity index is 1.67. The fraction of sp³-hybridized carbons (Fsp3) is 0.0741. The molecule has 0 radical (unpaired) electrons. The largest absolute Gasteiger partial charge is 0.493 e. The van der Waals surface area contributed by atoms with E-state index in [0.717, 1.165) is 32.7 Å². The van der Waals surface area contributed by atoms with Gasteiger partial charge in [0.1, 0.15) is 16.8 Å². The SMILES string of the molecule is COc1ccc(-c2nn(-c3ccccc3)cc2C=C(C#N)c2nc3ccccc3s2)cc1OC. The minimum Gasteiger partial charge on any atom is -0.493 e. The first kappa shape index (κ1) is 21.4. The summed E-state index contributed by atoms with van der Waals surface area (Å²) in [5.41, 5.74) is 4.65. The van der Waals surface area contributed by atoms with Crippen LogP contribution in [0.25, 0.3) is 38.8 Å². The van der Waals surface area contributed by atoms with Crippen LogP contribution in [0.2, 0.25) is 0 Å². The zero-order valence-electron chi connectivity index (χ0n) is 18.6. The van der Waals surface area contributed by atoms with Crippen LogP contribution < -0.4 is 9.47 Å². The van der Waals surface area contributed by atoms with E-state index in [-0.39, 0.29) is 0 Å². The van der Waals surface area contributed by atoms with E-state index in [0.29, 0.717) is 22.1 Å². The molecule has 0 aliphatic carbocycles. The quantitative estimate of drug-likeness (QED) is 0.279. The number of benzene rings is 3. The molecule has 0 saturated carbocycles. The Morgan fingerprint density at radius 1 is 0.971 bits per heavy atom. The number of para-hydroxylation sites is 2. The maximum atomic E-state index is 9.99. The summed E-state index contributed by atoms with van der Waals surface area (Å²) in [5, 5.41) is 15.5. The van der Waals surface area contributed by atoms with Crippen molar-refractivity contribution in [2.45, 2.75) is 0 Å². The number of rotatable bonds is 6. The predicted octanol–water partition coefficient (Wildman–Crippen LogP) is 6.23. The van der Waals surface area contributed by atoms with E-state index in [1.54, 1.807) is 14.2 Å². The van der Waals surface area contributed by atoms with Gasteiger partial charge in [-0.15, -0.1) is 11.3 Å². The van der Waals surface area contributed by atoms with Crippen molar-refractivity contribution in [2.24, 2.45) is 0 Å². The van der Waals surface area contributed by atoms with E-state index in [1.807, 2.05) is 89.8 Å². The van der Waals surface area contributed by atoms with Gasteiger partial charge in [0.15, 0.2) is 11.5 Å². The van der Waals surface area contributed by atoms with Crippen LogP contribution in [-0.2, 0) is 0 Å². The van der Waals surface area contributed by atoms with Crippen LogP contribution in [-0.4, -0.2) is 29.0 Å². The Hall–Kier alpha value is -4.41. The molecule has 0 unspecified atom stereocenters. The van der Waals surface area contributed by atoms with Crippen molar-refractivity contribution in [1.82, 2.24) is 14.8 Å². The van der Waals surface area contributed by atoms with Gasteiger partial charge >= 0.3 is 0 Å². The second kappa shape index (κ2) is 9.22. The van der Waals surface area contributed by atoms with Crippen molar-refractivity contribution >= 4 is 33.2 Å². The summed E-state index contributed by atoms with van der Waals surface area (Å²) in [6.45, 7) is 0. The average molecular weight is 465 g/mol. The molecule has 0 amide bonds. The highest BCUT2D eigenvalue weighted by molar-refractivity contribution is 7.19. The Morgan fingerprint density at radius 2 is 1.74 bits per heavy atom. The van der Waals surface area contributed by atoms with E-state index in [2.05, 4.69) is 11.1 Å². The molecule has 6 nitrogen and oxygen atoms in total. The van der Waals surface area contributed by atoms with Crippen molar-refractivity contribution < 1.29 is 9.47 Å². The number of hydrogen-bond donors (Lipinski definition) is 0. The predicted molar refractivity (Wildman–Crippen MR) is 135 cm³/mol. The number of hydrogen-bond acceptors (Lipinski definition) is 6. The maximum absolute atomic E-state index is 9.99. The van der Waals surface area contributed by atoms with E-state index in [4.69, 9.17) is 14.6 Å². The number of aromatic nitrogens is 3. The Kier molecular flexibility index (Phi) is 5.81. The number of nitrogens with zero attached hydrogens (tertiary/aromatic N) is 4. The lowest BCUT2D eigenvalue weighted by Crippen LogP contribution is -1.95. The molecular weight excluding hydrogens is 444 g/mol. The standard InChI is InChI=1S/C27H20N4O2S/c1-32-23-13-12-18(15-24(23)33-2)26-20(17-31(30-26)21-8-4-3-5-9-21)14-19(16-28)27-29-22-10-6-7-11-25(22)34-27/h3-15,17H,1-2H3. The van der Waals surface area contributed by atoms with Gasteiger partial charge in [-0.05, 0) is 48.5 Å². The van der Waals surface area contributed by atoms with Crippen molar-refractivity contribution in [3.8, 4) is 34.5 Å². The van der Waals surface area contributed by atoms with Crippen LogP contribution in [0, 0.1) is 11.3 Å². The third-order valence-corrected chi connectivity index (χ3v) is 6.43. The van der Waals surface area contributed by atoms with Gasteiger partial charge in [-0.2, -0.15) is 10.4 Å². The molecule has 0 aliphatic heterocycles. The maximum Gasteiger partial charge on any atom is 0.161 e. The van der Waals surface area contributed by atoms with Crippen molar-refractivity contribution in [2.75, 3.05) is 14.2 Å². The molecule has 0 saturated heterocycles. The normalized spacial score (nSPS) is 11.4. The lowest BCUT2D eigenvalue weighted by atomic mass is 10.1. The van der Waals surface area contributed by atoms with Crippen molar-refractivity contribution in [1.29, 1.82) is 5.26 Å². The first-order chi connectivity index (χ1) is 16.7. The minimum atomic E-state index is 0.482. The molecule has 2 heterocycles. The summed E-state index contributed by atoms with van der Waals surface area (Å²) in [7, 11) is 3.21. The third kappa shape index (κ3) is 4.03. The summed E-state index contributed by atoms with van der Waals surface area (Å²) in [6, 6.07) is 25.7. The summed E-state index contributed by atoms with van der Waals surface area (Å²) in [6.07, 6.45) is 3.77. The molecule has 0 N–H and O–H groups in total. The van der Waals surface area contributed by atoms with Crippen LogP contribution in [0.3, 0.4) is 0 Å². The van der Waals surface area contributed by atoms with E-state index >= 15 is 0 Å². The van der Waals surface area contributed by atoms with Gasteiger partial charge in [0.25, 0.3) is 0 Å². The van der Waals surface area contributed by atoms with Crippen LogP contribution in [0.4, 0.5) is 0 Å². The fourth-order valence-corrected chi connectivity index (χ4v) is 4.63. The topological polar surface area (TPSA) is 73.0 Å². The lowest BCUT2D eigenvalue weighted by molar-refractivity contribution is 0.355. The molecule has 3 aromatic carbocycles. The first-order valence-electron chi connectivity index (χ1n) is 10.6. The van der Waals surface area contributed by atoms with Gasteiger partial charge in [0.2, 0.25) is 0 Å². The molecule has 34 heavy (non-hydrogen) atoms. The Labute approximate surface area is 201 Å². The van der Waals surface area contributed by atoms with Gasteiger partial charge in [-0.1, -0.05) is 30.3 Å². The molecule has 0 spiro atoms. The number of ether oxygens (including phenoxy) is 2. The van der Waals surface area contributed by atoms with Crippen molar-refractivity contribution in [3.63, 3.8) is 0 Å². The van der Waals surface area contributed by atoms with Crippen LogP contribution >= 0.6 is 11.3 Å². The first-order valence-corrected chi connectivity index (χ1v) is 11.4. The second-order valence-corrected chi connectivity index (χ2v) is 8.47. The molecule has 2 aromatic heterocycles. The summed E-state index contributed by atoms with van der Waals surface area (Å²) < 4.78 is 13.7. The zero-order chi connectivity index (χ0) is 23.5. The molecule has 0 fully saturated rings. The monoisotopic (exact) mass is 464 g/mol. The van der Waals surface area contributed by atoms with Gasteiger partial charge < -0.3 is 9.47 Å². The molecule has 0 aliphatic rings. The van der Waals surface area contributed by atoms with Crippen molar-refractivity contribution in [3.05, 3.63) is 89.6 Å². The molecule has 166 valence electrons. The molecule has 5 aromatic rings. The highest BCUT2D eigenvalue weighted by atomic mass is 32.1. The molecule has 7 heteroatoms. The van der Waals surface area contributed by atoms with Gasteiger partial charge in [-0.25, -0.2) is 9.67 Å². The lowest BCUT2D eigenvalue weighted by Gasteiger charge is -2.09. The number of allylic oxidation sites excluding steroid dienone is 1. The van der Waals surface area contributed by atoms with Gasteiger partial charge in [0, 0.05) is 17.3 Å². The van der Waals surface area contributed by atoms with E-state index in [1.165, 1.54) is 11.3 Å². The number of nitriles is 1. The summed E-state index contributed by atoms with van der Waals surface area (Å²) in [5.74, 6) is 1.24. The number of fused-ring (bicyclic) bond motifs is 1.